The van der Waals surface area contributed by atoms with Crippen molar-refractivity contribution in [2.24, 2.45) is 11.0 Å². The van der Waals surface area contributed by atoms with E-state index >= 15 is 0 Å². The van der Waals surface area contributed by atoms with E-state index in [1.54, 1.807) is 31.2 Å². The van der Waals surface area contributed by atoms with Crippen LogP contribution in [0.25, 0.3) is 10.4 Å². The summed E-state index contributed by atoms with van der Waals surface area (Å²) in [6.07, 6.45) is 0.987. The summed E-state index contributed by atoms with van der Waals surface area (Å²) in [5, 5.41) is 9.79. The number of ether oxygens (including phenoxy) is 6. The van der Waals surface area contributed by atoms with E-state index in [0.29, 0.717) is 70.0 Å². The highest BCUT2D eigenvalue weighted by Gasteiger charge is 2.25. The highest BCUT2D eigenvalue weighted by atomic mass is 16.6. The monoisotopic (exact) mass is 553 g/mol. The van der Waals surface area contributed by atoms with Crippen LogP contribution in [0.4, 0.5) is 0 Å². The number of azide groups is 1. The molecule has 12 nitrogen and oxygen atoms in total. The molecular formula is C27H47N5O7. The first-order chi connectivity index (χ1) is 18.9. The van der Waals surface area contributed by atoms with Gasteiger partial charge in [-0.25, -0.2) is 0 Å². The fourth-order valence-electron chi connectivity index (χ4n) is 3.13. The molecule has 0 aromatic heterocycles. The van der Waals surface area contributed by atoms with Gasteiger partial charge in [0.05, 0.1) is 46.2 Å². The lowest BCUT2D eigenvalue weighted by atomic mass is 10.2. The van der Waals surface area contributed by atoms with Gasteiger partial charge in [0, 0.05) is 30.2 Å². The molecule has 0 saturated carbocycles. The predicted molar refractivity (Wildman–Crippen MR) is 149 cm³/mol. The second-order valence-corrected chi connectivity index (χ2v) is 9.30. The fraction of sp³-hybridized carbons (Fsp3) is 0.741. The van der Waals surface area contributed by atoms with Crippen molar-refractivity contribution in [1.82, 2.24) is 10.6 Å². The molecule has 0 saturated heterocycles. The molecule has 0 bridgehead atoms. The third-order valence-electron chi connectivity index (χ3n) is 5.12. The summed E-state index contributed by atoms with van der Waals surface area (Å²) in [5.41, 5.74) is 8.16. The Kier molecular flexibility index (Phi) is 19.9. The number of rotatable bonds is 25. The third-order valence-corrected chi connectivity index (χ3v) is 5.12. The van der Waals surface area contributed by atoms with Crippen molar-refractivity contribution in [3.8, 4) is 5.75 Å². The van der Waals surface area contributed by atoms with Gasteiger partial charge < -0.3 is 39.1 Å². The van der Waals surface area contributed by atoms with Crippen LogP contribution in [0.1, 0.15) is 44.5 Å². The molecule has 0 aliphatic rings. The smallest absolute Gasteiger partial charge is 0.251 e. The molecule has 1 unspecified atom stereocenters. The summed E-state index contributed by atoms with van der Waals surface area (Å²) in [6.45, 7) is 14.5. The van der Waals surface area contributed by atoms with Gasteiger partial charge in [-0.2, -0.15) is 0 Å². The van der Waals surface area contributed by atoms with Gasteiger partial charge in [0.25, 0.3) is 5.91 Å². The van der Waals surface area contributed by atoms with Crippen LogP contribution in [-0.4, -0.2) is 97.3 Å². The maximum absolute atomic E-state index is 12.5. The first-order valence-electron chi connectivity index (χ1n) is 13.6. The lowest BCUT2D eigenvalue weighted by molar-refractivity contribution is -0.0762. The van der Waals surface area contributed by atoms with Crippen molar-refractivity contribution in [3.63, 3.8) is 0 Å². The van der Waals surface area contributed by atoms with Crippen LogP contribution >= 0.6 is 0 Å². The van der Waals surface area contributed by atoms with Crippen molar-refractivity contribution in [3.05, 3.63) is 40.3 Å². The van der Waals surface area contributed by atoms with Crippen molar-refractivity contribution in [2.45, 2.75) is 39.8 Å². The second kappa shape index (κ2) is 22.4. The van der Waals surface area contributed by atoms with Gasteiger partial charge in [-0.05, 0) is 56.1 Å². The molecule has 1 atom stereocenters. The summed E-state index contributed by atoms with van der Waals surface area (Å²) < 4.78 is 33.4. The lowest BCUT2D eigenvalue weighted by Gasteiger charge is -2.25. The maximum atomic E-state index is 12.5. The van der Waals surface area contributed by atoms with Crippen LogP contribution in [-0.2, 0) is 23.7 Å². The summed E-state index contributed by atoms with van der Waals surface area (Å²) in [7, 11) is 0. The summed E-state index contributed by atoms with van der Waals surface area (Å²) in [4.78, 5) is 15.4. The first-order valence-corrected chi connectivity index (χ1v) is 13.6. The highest BCUT2D eigenvalue weighted by Crippen LogP contribution is 2.19. The third kappa shape index (κ3) is 18.5. The molecule has 1 amide bonds. The van der Waals surface area contributed by atoms with Crippen LogP contribution in [0.15, 0.2) is 29.4 Å². The Labute approximate surface area is 232 Å². The molecule has 0 heterocycles. The number of carbonyl (C=O) groups excluding carboxylic acids is 1. The van der Waals surface area contributed by atoms with Gasteiger partial charge in [-0.3, -0.25) is 4.79 Å². The van der Waals surface area contributed by atoms with E-state index in [1.807, 2.05) is 0 Å². The molecule has 0 aliphatic carbocycles. The minimum absolute atomic E-state index is 0.0230. The van der Waals surface area contributed by atoms with E-state index in [2.05, 4.69) is 41.4 Å². The standard InChI is InChI=1S/C27H47N5O7/c1-5-29-10-7-12-34-14-16-36-17-15-35-13-11-30-26(33)24-8-6-9-25(20-24)38-22-27(4,31-32-28)39-19-18-37-21-23(2)3/h6,8-9,20,23,29H,5,7,10-19,21-22H2,1-4H3,(H,30,33). The van der Waals surface area contributed by atoms with Crippen LogP contribution in [0, 0.1) is 5.92 Å². The van der Waals surface area contributed by atoms with Gasteiger partial charge in [-0.15, -0.1) is 0 Å². The number of nitrogens with zero attached hydrogens (tertiary/aromatic N) is 3. The van der Waals surface area contributed by atoms with Crippen LogP contribution < -0.4 is 15.4 Å². The average molecular weight is 554 g/mol. The lowest BCUT2D eigenvalue weighted by Crippen LogP contribution is -2.34. The number of hydrogen-bond donors (Lipinski definition) is 2. The van der Waals surface area contributed by atoms with E-state index < -0.39 is 5.72 Å². The Morgan fingerprint density at radius 2 is 1.69 bits per heavy atom. The Morgan fingerprint density at radius 1 is 1.00 bits per heavy atom. The van der Waals surface area contributed by atoms with Crippen molar-refractivity contribution >= 4 is 5.91 Å². The first kappa shape index (κ1) is 34.6. The molecule has 222 valence electrons. The Hall–Kier alpha value is -2.44. The van der Waals surface area contributed by atoms with Gasteiger partial charge in [-0.1, -0.05) is 32.0 Å². The SMILES string of the molecule is CCNCCCOCCOCCOCCNC(=O)c1cccc(OCC(C)(N=[N+]=[N-])OCCOCC(C)C)c1. The molecule has 1 aromatic carbocycles. The minimum Gasteiger partial charge on any atom is -0.490 e. The largest absolute Gasteiger partial charge is 0.490 e. The number of amides is 1. The van der Waals surface area contributed by atoms with Crippen LogP contribution in [0.5, 0.6) is 5.75 Å². The van der Waals surface area contributed by atoms with Gasteiger partial charge in [0.15, 0.2) is 5.72 Å². The number of benzene rings is 1. The number of hydrogen-bond acceptors (Lipinski definition) is 9. The fourth-order valence-corrected chi connectivity index (χ4v) is 3.13. The van der Waals surface area contributed by atoms with Gasteiger partial charge >= 0.3 is 0 Å². The van der Waals surface area contributed by atoms with E-state index in [9.17, 15) is 4.79 Å². The molecule has 0 spiro atoms. The highest BCUT2D eigenvalue weighted by molar-refractivity contribution is 5.94. The Morgan fingerprint density at radius 3 is 2.38 bits per heavy atom. The van der Waals surface area contributed by atoms with Crippen molar-refractivity contribution in [1.29, 1.82) is 0 Å². The molecular weight excluding hydrogens is 506 g/mol. The molecule has 0 radical (unpaired) electrons. The van der Waals surface area contributed by atoms with Gasteiger partial charge in [0.2, 0.25) is 0 Å². The predicted octanol–water partition coefficient (Wildman–Crippen LogP) is 3.56. The molecule has 1 aromatic rings. The van der Waals surface area contributed by atoms with Gasteiger partial charge in [0.1, 0.15) is 12.4 Å². The second-order valence-electron chi connectivity index (χ2n) is 9.30. The van der Waals surface area contributed by atoms with E-state index in [0.717, 1.165) is 26.1 Å². The number of nitrogens with one attached hydrogen (secondary N) is 2. The molecule has 1 rings (SSSR count). The summed E-state index contributed by atoms with van der Waals surface area (Å²) in [6, 6.07) is 6.75. The van der Waals surface area contributed by atoms with Crippen LogP contribution in [0.2, 0.25) is 0 Å². The summed E-state index contributed by atoms with van der Waals surface area (Å²) in [5.74, 6) is 0.631. The van der Waals surface area contributed by atoms with Crippen LogP contribution in [0.3, 0.4) is 0 Å². The normalized spacial score (nSPS) is 12.6. The maximum Gasteiger partial charge on any atom is 0.251 e. The molecule has 0 aliphatic heterocycles. The zero-order chi connectivity index (χ0) is 28.6. The zero-order valence-corrected chi connectivity index (χ0v) is 24.0. The molecule has 12 heteroatoms. The van der Waals surface area contributed by atoms with Crippen molar-refractivity contribution < 1.29 is 33.2 Å². The topological polar surface area (TPSA) is 145 Å². The molecule has 2 N–H and O–H groups in total. The quantitative estimate of drug-likeness (QED) is 0.0809. The number of carbonyl (C=O) groups is 1. The molecule has 0 fully saturated rings. The van der Waals surface area contributed by atoms with E-state index in [-0.39, 0.29) is 19.1 Å². The van der Waals surface area contributed by atoms with E-state index in [4.69, 9.17) is 34.0 Å². The molecule has 39 heavy (non-hydrogen) atoms. The summed E-state index contributed by atoms with van der Waals surface area (Å²) >= 11 is 0. The van der Waals surface area contributed by atoms with E-state index in [1.165, 1.54) is 0 Å². The average Bonchev–Trinajstić information content (AvgIpc) is 2.92. The van der Waals surface area contributed by atoms with Crippen molar-refractivity contribution in [2.75, 3.05) is 85.7 Å². The minimum atomic E-state index is -1.21. The Balaban J connectivity index is 2.24. The Bertz CT molecular complexity index is 823. The zero-order valence-electron chi connectivity index (χ0n) is 24.0.